The number of hydrogen-bond acceptors (Lipinski definition) is 4. The standard InChI is InChI=1S/C24H22F3N3O2/c1-13(2)22-21-17(23(26)27)12-18(14-5-10-19(31-3)20(11-14)32-4)28-24(21)30(29-22)16-8-6-15(25)7-9-16/h5-13,23H,1-4H3. The Bertz CT molecular complexity index is 1270. The second-order valence-electron chi connectivity index (χ2n) is 7.59. The molecule has 4 aromatic rings. The van der Waals surface area contributed by atoms with Crippen LogP contribution in [0.1, 0.15) is 37.4 Å². The van der Waals surface area contributed by atoms with Crippen molar-refractivity contribution < 1.29 is 22.6 Å². The highest BCUT2D eigenvalue weighted by molar-refractivity contribution is 5.87. The van der Waals surface area contributed by atoms with E-state index in [-0.39, 0.29) is 17.1 Å². The predicted molar refractivity (Wildman–Crippen MR) is 116 cm³/mol. The van der Waals surface area contributed by atoms with Crippen molar-refractivity contribution in [3.05, 3.63) is 65.6 Å². The van der Waals surface area contributed by atoms with Crippen LogP contribution in [0, 0.1) is 5.82 Å². The maximum Gasteiger partial charge on any atom is 0.264 e. The highest BCUT2D eigenvalue weighted by atomic mass is 19.3. The maximum absolute atomic E-state index is 14.2. The summed E-state index contributed by atoms with van der Waals surface area (Å²) in [6, 6.07) is 12.2. The number of alkyl halides is 2. The number of hydrogen-bond donors (Lipinski definition) is 0. The van der Waals surface area contributed by atoms with E-state index in [0.717, 1.165) is 0 Å². The van der Waals surface area contributed by atoms with Crippen LogP contribution in [0.2, 0.25) is 0 Å². The van der Waals surface area contributed by atoms with Gasteiger partial charge in [0, 0.05) is 11.1 Å². The minimum absolute atomic E-state index is 0.120. The molecule has 0 unspecified atom stereocenters. The van der Waals surface area contributed by atoms with Crippen molar-refractivity contribution in [3.63, 3.8) is 0 Å². The van der Waals surface area contributed by atoms with Crippen molar-refractivity contribution in [3.8, 4) is 28.4 Å². The van der Waals surface area contributed by atoms with Crippen molar-refractivity contribution in [1.29, 1.82) is 0 Å². The van der Waals surface area contributed by atoms with Gasteiger partial charge in [-0.2, -0.15) is 5.10 Å². The lowest BCUT2D eigenvalue weighted by atomic mass is 10.0. The zero-order valence-electron chi connectivity index (χ0n) is 18.1. The van der Waals surface area contributed by atoms with Crippen LogP contribution in [-0.4, -0.2) is 29.0 Å². The lowest BCUT2D eigenvalue weighted by molar-refractivity contribution is 0.153. The largest absolute Gasteiger partial charge is 0.493 e. The maximum atomic E-state index is 14.2. The summed E-state index contributed by atoms with van der Waals surface area (Å²) in [5, 5.41) is 4.89. The van der Waals surface area contributed by atoms with Crippen LogP contribution in [0.25, 0.3) is 28.0 Å². The zero-order chi connectivity index (χ0) is 23.0. The molecule has 2 aromatic carbocycles. The van der Waals surface area contributed by atoms with Gasteiger partial charge in [0.05, 0.1) is 36.7 Å². The Hall–Kier alpha value is -3.55. The second kappa shape index (κ2) is 8.53. The molecule has 166 valence electrons. The molecular formula is C24H22F3N3O2. The molecule has 4 rings (SSSR count). The fourth-order valence-corrected chi connectivity index (χ4v) is 3.65. The van der Waals surface area contributed by atoms with E-state index in [2.05, 4.69) is 5.10 Å². The fourth-order valence-electron chi connectivity index (χ4n) is 3.65. The lowest BCUT2D eigenvalue weighted by Gasteiger charge is -2.12. The Balaban J connectivity index is 2.03. The van der Waals surface area contributed by atoms with Crippen molar-refractivity contribution >= 4 is 11.0 Å². The van der Waals surface area contributed by atoms with Crippen LogP contribution in [0.4, 0.5) is 13.2 Å². The smallest absolute Gasteiger partial charge is 0.264 e. The van der Waals surface area contributed by atoms with Crippen molar-refractivity contribution in [2.45, 2.75) is 26.2 Å². The topological polar surface area (TPSA) is 49.2 Å². The van der Waals surface area contributed by atoms with Crippen molar-refractivity contribution in [2.75, 3.05) is 14.2 Å². The summed E-state index contributed by atoms with van der Waals surface area (Å²) in [4.78, 5) is 4.70. The summed E-state index contributed by atoms with van der Waals surface area (Å²) >= 11 is 0. The van der Waals surface area contributed by atoms with Gasteiger partial charge in [-0.25, -0.2) is 22.8 Å². The van der Waals surface area contributed by atoms with Crippen molar-refractivity contribution in [1.82, 2.24) is 14.8 Å². The van der Waals surface area contributed by atoms with E-state index >= 15 is 0 Å². The molecule has 2 heterocycles. The molecule has 0 amide bonds. The number of rotatable bonds is 6. The molecule has 5 nitrogen and oxygen atoms in total. The molecule has 0 spiro atoms. The Morgan fingerprint density at radius 1 is 0.906 bits per heavy atom. The number of aromatic nitrogens is 3. The van der Waals surface area contributed by atoms with Crippen LogP contribution in [0.5, 0.6) is 11.5 Å². The minimum atomic E-state index is -2.73. The lowest BCUT2D eigenvalue weighted by Crippen LogP contribution is -2.00. The summed E-state index contributed by atoms with van der Waals surface area (Å²) < 4.78 is 54.0. The molecule has 0 aliphatic heterocycles. The molecule has 0 radical (unpaired) electrons. The molecule has 0 bridgehead atoms. The number of ether oxygens (including phenoxy) is 2. The summed E-state index contributed by atoms with van der Waals surface area (Å²) in [5.74, 6) is 0.456. The first kappa shape index (κ1) is 21.7. The Morgan fingerprint density at radius 3 is 2.19 bits per heavy atom. The third-order valence-corrected chi connectivity index (χ3v) is 5.23. The summed E-state index contributed by atoms with van der Waals surface area (Å²) in [6.45, 7) is 3.77. The molecule has 0 atom stereocenters. The molecule has 0 aliphatic rings. The van der Waals surface area contributed by atoms with Crippen LogP contribution in [-0.2, 0) is 0 Å². The third kappa shape index (κ3) is 3.77. The quantitative estimate of drug-likeness (QED) is 0.352. The van der Waals surface area contributed by atoms with Crippen LogP contribution in [0.3, 0.4) is 0 Å². The Labute approximate surface area is 183 Å². The highest BCUT2D eigenvalue weighted by Gasteiger charge is 2.25. The van der Waals surface area contributed by atoms with Gasteiger partial charge in [-0.1, -0.05) is 13.8 Å². The van der Waals surface area contributed by atoms with E-state index < -0.39 is 12.2 Å². The van der Waals surface area contributed by atoms with Gasteiger partial charge >= 0.3 is 0 Å². The fraction of sp³-hybridized carbons (Fsp3) is 0.250. The van der Waals surface area contributed by atoms with Gasteiger partial charge in [0.25, 0.3) is 6.43 Å². The molecule has 2 aromatic heterocycles. The third-order valence-electron chi connectivity index (χ3n) is 5.23. The number of pyridine rings is 1. The van der Waals surface area contributed by atoms with E-state index in [4.69, 9.17) is 14.5 Å². The average molecular weight is 441 g/mol. The molecule has 0 N–H and O–H groups in total. The molecule has 8 heteroatoms. The highest BCUT2D eigenvalue weighted by Crippen LogP contribution is 2.38. The van der Waals surface area contributed by atoms with E-state index in [0.29, 0.717) is 39.5 Å². The summed E-state index contributed by atoms with van der Waals surface area (Å²) in [5.41, 5.74) is 2.09. The van der Waals surface area contributed by atoms with Crippen LogP contribution >= 0.6 is 0 Å². The van der Waals surface area contributed by atoms with Gasteiger partial charge in [0.2, 0.25) is 0 Å². The molecular weight excluding hydrogens is 419 g/mol. The number of fused-ring (bicyclic) bond motifs is 1. The second-order valence-corrected chi connectivity index (χ2v) is 7.59. The number of halogens is 3. The van der Waals surface area contributed by atoms with Gasteiger partial charge in [0.1, 0.15) is 5.82 Å². The molecule has 0 saturated heterocycles. The monoisotopic (exact) mass is 441 g/mol. The van der Waals surface area contributed by atoms with Gasteiger partial charge in [-0.3, -0.25) is 0 Å². The first-order chi connectivity index (χ1) is 15.3. The molecule has 0 saturated carbocycles. The predicted octanol–water partition coefficient (Wildman–Crippen LogP) is 6.30. The van der Waals surface area contributed by atoms with E-state index in [9.17, 15) is 13.2 Å². The first-order valence-electron chi connectivity index (χ1n) is 10.0. The van der Waals surface area contributed by atoms with Gasteiger partial charge in [-0.15, -0.1) is 0 Å². The molecule has 0 fully saturated rings. The normalized spacial score (nSPS) is 11.5. The Morgan fingerprint density at radius 2 is 1.59 bits per heavy atom. The van der Waals surface area contributed by atoms with E-state index in [1.807, 2.05) is 13.8 Å². The minimum Gasteiger partial charge on any atom is -0.493 e. The van der Waals surface area contributed by atoms with Crippen LogP contribution < -0.4 is 9.47 Å². The van der Waals surface area contributed by atoms with Crippen molar-refractivity contribution in [2.24, 2.45) is 0 Å². The van der Waals surface area contributed by atoms with E-state index in [1.54, 1.807) is 30.3 Å². The number of benzene rings is 2. The van der Waals surface area contributed by atoms with Gasteiger partial charge in [0.15, 0.2) is 17.1 Å². The number of nitrogens with zero attached hydrogens (tertiary/aromatic N) is 3. The number of methoxy groups -OCH3 is 2. The van der Waals surface area contributed by atoms with Crippen LogP contribution in [0.15, 0.2) is 48.5 Å². The first-order valence-corrected chi connectivity index (χ1v) is 10.0. The summed E-state index contributed by atoms with van der Waals surface area (Å²) in [6.07, 6.45) is -2.73. The van der Waals surface area contributed by atoms with Gasteiger partial charge in [-0.05, 0) is 54.4 Å². The zero-order valence-corrected chi connectivity index (χ0v) is 18.1. The Kier molecular flexibility index (Phi) is 5.78. The average Bonchev–Trinajstić information content (AvgIpc) is 3.18. The SMILES string of the molecule is COc1ccc(-c2cc(C(F)F)c3c(C(C)C)nn(-c4ccc(F)cc4)c3n2)cc1OC. The summed E-state index contributed by atoms with van der Waals surface area (Å²) in [7, 11) is 3.02. The van der Waals surface area contributed by atoms with E-state index in [1.165, 1.54) is 37.1 Å². The molecule has 0 aliphatic carbocycles. The molecule has 32 heavy (non-hydrogen) atoms. The van der Waals surface area contributed by atoms with Gasteiger partial charge < -0.3 is 9.47 Å².